The van der Waals surface area contributed by atoms with Gasteiger partial charge in [-0.15, -0.1) is 0 Å². The molecule has 0 saturated carbocycles. The molecule has 1 heterocycles. The second-order valence-electron chi connectivity index (χ2n) is 5.86. The molecule has 1 N–H and O–H groups in total. The summed E-state index contributed by atoms with van der Waals surface area (Å²) in [5.41, 5.74) is 1.72. The molecule has 2 rings (SSSR count). The van der Waals surface area contributed by atoms with Crippen molar-refractivity contribution < 1.29 is 14.4 Å². The van der Waals surface area contributed by atoms with E-state index in [2.05, 4.69) is 22.2 Å². The van der Waals surface area contributed by atoms with Gasteiger partial charge in [-0.05, 0) is 24.3 Å². The van der Waals surface area contributed by atoms with Gasteiger partial charge >= 0.3 is 0 Å². The molecule has 1 fully saturated rings. The zero-order valence-corrected chi connectivity index (χ0v) is 15.1. The molecule has 1 saturated heterocycles. The van der Waals surface area contributed by atoms with E-state index >= 15 is 0 Å². The van der Waals surface area contributed by atoms with Gasteiger partial charge in [-0.25, -0.2) is 0 Å². The number of nitrogens with zero attached hydrogens (tertiary/aromatic N) is 2. The number of hydrogen-bond acceptors (Lipinski definition) is 4. The number of carbonyl (C=O) groups is 2. The monoisotopic (exact) mass is 345 g/mol. The Morgan fingerprint density at radius 3 is 2.44 bits per heavy atom. The Morgan fingerprint density at radius 1 is 1.28 bits per heavy atom. The molecule has 0 atom stereocenters. The second kappa shape index (κ2) is 11.8. The van der Waals surface area contributed by atoms with Crippen LogP contribution in [0.15, 0.2) is 41.7 Å². The minimum atomic E-state index is 0.229. The average molecular weight is 345 g/mol. The Kier molecular flexibility index (Phi) is 9.67. The van der Waals surface area contributed by atoms with Crippen LogP contribution in [0.1, 0.15) is 32.3 Å². The highest BCUT2D eigenvalue weighted by atomic mass is 16.6. The van der Waals surface area contributed by atoms with Crippen LogP contribution in [-0.2, 0) is 14.4 Å². The van der Waals surface area contributed by atoms with Gasteiger partial charge in [-0.1, -0.05) is 42.4 Å². The van der Waals surface area contributed by atoms with Crippen LogP contribution in [-0.4, -0.2) is 43.6 Å². The molecular weight excluding hydrogens is 318 g/mol. The maximum Gasteiger partial charge on any atom is 0.219 e. The van der Waals surface area contributed by atoms with Crippen molar-refractivity contribution in [3.8, 4) is 0 Å². The van der Waals surface area contributed by atoms with E-state index in [0.29, 0.717) is 6.41 Å². The second-order valence-corrected chi connectivity index (χ2v) is 5.86. The van der Waals surface area contributed by atoms with E-state index in [-0.39, 0.29) is 5.91 Å². The van der Waals surface area contributed by atoms with E-state index < -0.39 is 0 Å². The number of hydrogen-bond donors (Lipinski definition) is 1. The number of nitrogens with one attached hydrogen (secondary N) is 1. The molecule has 0 aromatic heterocycles. The van der Waals surface area contributed by atoms with Gasteiger partial charge in [-0.3, -0.25) is 9.59 Å². The molecule has 25 heavy (non-hydrogen) atoms. The van der Waals surface area contributed by atoms with E-state index in [9.17, 15) is 9.59 Å². The lowest BCUT2D eigenvalue weighted by molar-refractivity contribution is -0.130. The van der Waals surface area contributed by atoms with E-state index in [4.69, 9.17) is 0 Å². The zero-order chi connectivity index (χ0) is 18.5. The number of likely N-dealkylation sites (tertiary alicyclic amines) is 1. The summed E-state index contributed by atoms with van der Waals surface area (Å²) in [6.07, 6.45) is 6.05. The molecule has 6 heteroatoms. The maximum atomic E-state index is 10.8. The SMILES string of the molecule is CC(=O)N1CCC(C)CC1.CO/N=C\C(=C\NC=O)c1ccccc1. The third-order valence-corrected chi connectivity index (χ3v) is 3.94. The molecular formula is C19H27N3O3. The van der Waals surface area contributed by atoms with Gasteiger partial charge in [-0.2, -0.15) is 0 Å². The molecule has 1 aromatic rings. The van der Waals surface area contributed by atoms with Gasteiger partial charge in [0.05, 0.1) is 6.21 Å². The first-order valence-corrected chi connectivity index (χ1v) is 8.35. The highest BCUT2D eigenvalue weighted by molar-refractivity contribution is 6.09. The first-order chi connectivity index (χ1) is 12.1. The first-order valence-electron chi connectivity index (χ1n) is 8.35. The number of allylic oxidation sites excluding steroid dienone is 1. The maximum absolute atomic E-state index is 10.8. The Balaban J connectivity index is 0.000000271. The predicted octanol–water partition coefficient (Wildman–Crippen LogP) is 2.67. The third kappa shape index (κ3) is 8.15. The van der Waals surface area contributed by atoms with Crippen LogP contribution in [0.5, 0.6) is 0 Å². The lowest BCUT2D eigenvalue weighted by Crippen LogP contribution is -2.36. The summed E-state index contributed by atoms with van der Waals surface area (Å²) in [6.45, 7) is 5.83. The lowest BCUT2D eigenvalue weighted by Gasteiger charge is -2.29. The molecule has 0 spiro atoms. The number of oxime groups is 1. The molecule has 0 bridgehead atoms. The molecule has 0 unspecified atom stereocenters. The van der Waals surface area contributed by atoms with Crippen LogP contribution >= 0.6 is 0 Å². The van der Waals surface area contributed by atoms with Crippen molar-refractivity contribution in [2.45, 2.75) is 26.7 Å². The summed E-state index contributed by atoms with van der Waals surface area (Å²) in [6, 6.07) is 9.57. The minimum Gasteiger partial charge on any atom is -0.399 e. The topological polar surface area (TPSA) is 71.0 Å². The standard InChI is InChI=1S/C11H12N2O2.C8H15NO/c1-15-13-8-11(7-12-9-14)10-5-3-2-4-6-10;1-7-3-5-9(6-4-7)8(2)10/h2-9H,1H3,(H,12,14);7H,3-6H2,1-2H3/b11-7-,13-8-;. The molecule has 6 nitrogen and oxygen atoms in total. The fourth-order valence-electron chi connectivity index (χ4n) is 2.38. The van der Waals surface area contributed by atoms with Gasteiger partial charge in [0, 0.05) is 31.8 Å². The van der Waals surface area contributed by atoms with Gasteiger partial charge in [0.2, 0.25) is 12.3 Å². The van der Waals surface area contributed by atoms with Crippen molar-refractivity contribution in [2.75, 3.05) is 20.2 Å². The molecule has 0 aliphatic carbocycles. The minimum absolute atomic E-state index is 0.229. The fraction of sp³-hybridized carbons (Fsp3) is 0.421. The number of rotatable bonds is 5. The normalized spacial score (nSPS) is 15.3. The average Bonchev–Trinajstić information content (AvgIpc) is 2.63. The summed E-state index contributed by atoms with van der Waals surface area (Å²) in [5.74, 6) is 1.04. The van der Waals surface area contributed by atoms with Crippen molar-refractivity contribution in [1.29, 1.82) is 0 Å². The lowest BCUT2D eigenvalue weighted by atomic mass is 9.99. The van der Waals surface area contributed by atoms with Crippen molar-refractivity contribution in [1.82, 2.24) is 10.2 Å². The van der Waals surface area contributed by atoms with E-state index in [0.717, 1.165) is 30.1 Å². The number of carbonyl (C=O) groups excluding carboxylic acids is 2. The highest BCUT2D eigenvalue weighted by Gasteiger charge is 2.16. The summed E-state index contributed by atoms with van der Waals surface area (Å²) in [7, 11) is 1.46. The summed E-state index contributed by atoms with van der Waals surface area (Å²) in [5, 5.41) is 6.12. The summed E-state index contributed by atoms with van der Waals surface area (Å²) >= 11 is 0. The number of amides is 2. The van der Waals surface area contributed by atoms with Crippen LogP contribution in [0.25, 0.3) is 5.57 Å². The Bertz CT molecular complexity index is 577. The van der Waals surface area contributed by atoms with Gasteiger partial charge in [0.25, 0.3) is 0 Å². The van der Waals surface area contributed by atoms with Crippen molar-refractivity contribution >= 4 is 24.1 Å². The van der Waals surface area contributed by atoms with E-state index in [1.54, 1.807) is 13.1 Å². The Labute approximate surface area is 149 Å². The number of benzene rings is 1. The zero-order valence-electron chi connectivity index (χ0n) is 15.1. The third-order valence-electron chi connectivity index (χ3n) is 3.94. The van der Waals surface area contributed by atoms with Crippen molar-refractivity contribution in [3.63, 3.8) is 0 Å². The smallest absolute Gasteiger partial charge is 0.219 e. The van der Waals surface area contributed by atoms with Crippen LogP contribution in [0.2, 0.25) is 0 Å². The van der Waals surface area contributed by atoms with Crippen LogP contribution in [0, 0.1) is 5.92 Å². The largest absolute Gasteiger partial charge is 0.399 e. The Hall–Kier alpha value is -2.63. The van der Waals surface area contributed by atoms with Crippen LogP contribution in [0.3, 0.4) is 0 Å². The molecule has 0 radical (unpaired) electrons. The van der Waals surface area contributed by atoms with Crippen LogP contribution in [0.4, 0.5) is 0 Å². The summed E-state index contributed by atoms with van der Waals surface area (Å²) in [4.78, 5) is 27.5. The molecule has 1 aliphatic rings. The summed E-state index contributed by atoms with van der Waals surface area (Å²) < 4.78 is 0. The first kappa shape index (κ1) is 20.4. The molecule has 2 amide bonds. The van der Waals surface area contributed by atoms with Crippen LogP contribution < -0.4 is 5.32 Å². The predicted molar refractivity (Wildman–Crippen MR) is 99.8 cm³/mol. The quantitative estimate of drug-likeness (QED) is 0.507. The van der Waals surface area contributed by atoms with Gasteiger partial charge in [0.15, 0.2) is 0 Å². The number of piperidine rings is 1. The van der Waals surface area contributed by atoms with E-state index in [1.165, 1.54) is 26.2 Å². The van der Waals surface area contributed by atoms with E-state index in [1.807, 2.05) is 35.2 Å². The highest BCUT2D eigenvalue weighted by Crippen LogP contribution is 2.15. The fourth-order valence-corrected chi connectivity index (χ4v) is 2.38. The molecule has 1 aliphatic heterocycles. The molecule has 136 valence electrons. The van der Waals surface area contributed by atoms with Gasteiger partial charge in [0.1, 0.15) is 7.11 Å². The van der Waals surface area contributed by atoms with Crippen molar-refractivity contribution in [3.05, 3.63) is 42.1 Å². The van der Waals surface area contributed by atoms with Gasteiger partial charge < -0.3 is 15.1 Å². The Morgan fingerprint density at radius 2 is 1.92 bits per heavy atom. The van der Waals surface area contributed by atoms with Crippen molar-refractivity contribution in [2.24, 2.45) is 11.1 Å². The molecule has 1 aromatic carbocycles.